The van der Waals surface area contributed by atoms with Gasteiger partial charge in [0.1, 0.15) is 0 Å². The molecule has 3 rings (SSSR count). The second-order valence-electron chi connectivity index (χ2n) is 7.53. The molecule has 1 N–H and O–H groups in total. The van der Waals surface area contributed by atoms with Gasteiger partial charge in [-0.1, -0.05) is 37.6 Å². The van der Waals surface area contributed by atoms with E-state index < -0.39 is 0 Å². The highest BCUT2D eigenvalue weighted by atomic mass is 16.2. The fraction of sp³-hybridized carbons (Fsp3) is 0.619. The number of aryl methyl sites for hydroxylation is 1. The highest BCUT2D eigenvalue weighted by Crippen LogP contribution is 2.29. The molecule has 0 radical (unpaired) electrons. The average molecular weight is 342 g/mol. The summed E-state index contributed by atoms with van der Waals surface area (Å²) in [5.41, 5.74) is 2.44. The van der Waals surface area contributed by atoms with Crippen LogP contribution >= 0.6 is 0 Å². The van der Waals surface area contributed by atoms with Crippen molar-refractivity contribution in [3.05, 3.63) is 35.4 Å². The average Bonchev–Trinajstić information content (AvgIpc) is 3.47. The van der Waals surface area contributed by atoms with Crippen LogP contribution in [0.5, 0.6) is 0 Å². The molecule has 0 unspecified atom stereocenters. The molecule has 1 heterocycles. The van der Waals surface area contributed by atoms with Crippen LogP contribution in [-0.4, -0.2) is 35.8 Å². The van der Waals surface area contributed by atoms with Crippen LogP contribution in [0.1, 0.15) is 56.6 Å². The van der Waals surface area contributed by atoms with Crippen LogP contribution in [0.2, 0.25) is 0 Å². The summed E-state index contributed by atoms with van der Waals surface area (Å²) in [6.07, 6.45) is 7.85. The van der Waals surface area contributed by atoms with Gasteiger partial charge in [-0.2, -0.15) is 0 Å². The van der Waals surface area contributed by atoms with Gasteiger partial charge in [-0.3, -0.25) is 9.59 Å². The molecule has 1 aromatic carbocycles. The van der Waals surface area contributed by atoms with E-state index in [2.05, 4.69) is 36.5 Å². The lowest BCUT2D eigenvalue weighted by Gasteiger charge is -2.32. The Morgan fingerprint density at radius 1 is 1.04 bits per heavy atom. The van der Waals surface area contributed by atoms with Crippen LogP contribution in [0, 0.1) is 5.92 Å². The molecule has 4 nitrogen and oxygen atoms in total. The highest BCUT2D eigenvalue weighted by Gasteiger charge is 2.32. The second kappa shape index (κ2) is 8.50. The van der Waals surface area contributed by atoms with Crippen LogP contribution in [0.3, 0.4) is 0 Å². The minimum Gasteiger partial charge on any atom is -0.353 e. The molecule has 0 aromatic heterocycles. The third kappa shape index (κ3) is 5.32. The lowest BCUT2D eigenvalue weighted by molar-refractivity contribution is -0.131. The Balaban J connectivity index is 1.42. The number of amides is 2. The van der Waals surface area contributed by atoms with Gasteiger partial charge < -0.3 is 10.2 Å². The van der Waals surface area contributed by atoms with Gasteiger partial charge in [-0.25, -0.2) is 0 Å². The Morgan fingerprint density at radius 3 is 2.28 bits per heavy atom. The maximum absolute atomic E-state index is 12.5. The lowest BCUT2D eigenvalue weighted by Crippen LogP contribution is -2.47. The Morgan fingerprint density at radius 2 is 1.68 bits per heavy atom. The van der Waals surface area contributed by atoms with E-state index in [1.807, 2.05) is 4.90 Å². The second-order valence-corrected chi connectivity index (χ2v) is 7.53. The van der Waals surface area contributed by atoms with Crippen LogP contribution in [-0.2, 0) is 22.4 Å². The van der Waals surface area contributed by atoms with E-state index in [-0.39, 0.29) is 23.8 Å². The topological polar surface area (TPSA) is 49.4 Å². The van der Waals surface area contributed by atoms with Gasteiger partial charge in [0.15, 0.2) is 0 Å². The summed E-state index contributed by atoms with van der Waals surface area (Å²) in [5, 5.41) is 3.14. The molecule has 25 heavy (non-hydrogen) atoms. The van der Waals surface area contributed by atoms with E-state index >= 15 is 0 Å². The number of hydrogen-bond acceptors (Lipinski definition) is 2. The first-order valence-corrected chi connectivity index (χ1v) is 9.81. The number of rotatable bonds is 7. The number of nitrogens with one attached hydrogen (secondary N) is 1. The molecule has 0 bridgehead atoms. The zero-order valence-corrected chi connectivity index (χ0v) is 15.3. The van der Waals surface area contributed by atoms with Crippen molar-refractivity contribution < 1.29 is 9.59 Å². The minimum absolute atomic E-state index is 0.202. The SMILES string of the molecule is CCCCc1ccc(CC(=O)N2CCC(NC(=O)C3CC3)CC2)cc1. The summed E-state index contributed by atoms with van der Waals surface area (Å²) in [4.78, 5) is 26.3. The van der Waals surface area contributed by atoms with Gasteiger partial charge in [0.2, 0.25) is 11.8 Å². The van der Waals surface area contributed by atoms with Gasteiger partial charge in [-0.05, 0) is 49.7 Å². The smallest absolute Gasteiger partial charge is 0.226 e. The largest absolute Gasteiger partial charge is 0.353 e. The van der Waals surface area contributed by atoms with Crippen molar-refractivity contribution in [1.82, 2.24) is 10.2 Å². The predicted molar refractivity (Wildman–Crippen MR) is 99.2 cm³/mol. The number of benzene rings is 1. The summed E-state index contributed by atoms with van der Waals surface area (Å²) in [7, 11) is 0. The molecule has 2 aliphatic rings. The highest BCUT2D eigenvalue weighted by molar-refractivity contribution is 5.81. The van der Waals surface area contributed by atoms with Crippen molar-refractivity contribution in [3.63, 3.8) is 0 Å². The first-order valence-electron chi connectivity index (χ1n) is 9.81. The number of carbonyl (C=O) groups is 2. The zero-order valence-electron chi connectivity index (χ0n) is 15.3. The number of piperidine rings is 1. The number of hydrogen-bond donors (Lipinski definition) is 1. The summed E-state index contributed by atoms with van der Waals surface area (Å²) in [6.45, 7) is 3.71. The Hall–Kier alpha value is -1.84. The third-order valence-electron chi connectivity index (χ3n) is 5.34. The molecule has 2 fully saturated rings. The lowest BCUT2D eigenvalue weighted by atomic mass is 10.0. The van der Waals surface area contributed by atoms with Crippen molar-refractivity contribution in [2.24, 2.45) is 5.92 Å². The summed E-state index contributed by atoms with van der Waals surface area (Å²) in [6, 6.07) is 8.72. The zero-order chi connectivity index (χ0) is 17.6. The summed E-state index contributed by atoms with van der Waals surface area (Å²) >= 11 is 0. The monoisotopic (exact) mass is 342 g/mol. The van der Waals surface area contributed by atoms with Crippen molar-refractivity contribution in [2.75, 3.05) is 13.1 Å². The fourth-order valence-electron chi connectivity index (χ4n) is 3.43. The van der Waals surface area contributed by atoms with Crippen molar-refractivity contribution in [1.29, 1.82) is 0 Å². The number of carbonyl (C=O) groups excluding carboxylic acids is 2. The number of nitrogens with zero attached hydrogens (tertiary/aromatic N) is 1. The molecule has 0 atom stereocenters. The molecule has 1 saturated carbocycles. The van der Waals surface area contributed by atoms with Crippen molar-refractivity contribution >= 4 is 11.8 Å². The van der Waals surface area contributed by atoms with Crippen LogP contribution in [0.25, 0.3) is 0 Å². The first-order chi connectivity index (χ1) is 12.2. The first kappa shape index (κ1) is 18.0. The maximum atomic E-state index is 12.5. The molecule has 1 aliphatic carbocycles. The van der Waals surface area contributed by atoms with Gasteiger partial charge in [0.25, 0.3) is 0 Å². The molecular weight excluding hydrogens is 312 g/mol. The Kier molecular flexibility index (Phi) is 6.11. The fourth-order valence-corrected chi connectivity index (χ4v) is 3.43. The van der Waals surface area contributed by atoms with Crippen LogP contribution < -0.4 is 5.32 Å². The number of unbranched alkanes of at least 4 members (excludes halogenated alkanes) is 1. The summed E-state index contributed by atoms with van der Waals surface area (Å²) in [5.74, 6) is 0.682. The normalized spacial score (nSPS) is 18.2. The standard InChI is InChI=1S/C21H30N2O2/c1-2-3-4-16-5-7-17(8-6-16)15-20(24)23-13-11-19(12-14-23)22-21(25)18-9-10-18/h5-8,18-19H,2-4,9-15H2,1H3,(H,22,25). The molecule has 1 aromatic rings. The van der Waals surface area contributed by atoms with Gasteiger partial charge >= 0.3 is 0 Å². The quantitative estimate of drug-likeness (QED) is 0.828. The van der Waals surface area contributed by atoms with E-state index in [1.54, 1.807) is 0 Å². The Bertz CT molecular complexity index is 584. The Labute approximate surface area is 151 Å². The van der Waals surface area contributed by atoms with Gasteiger partial charge in [0, 0.05) is 25.0 Å². The maximum Gasteiger partial charge on any atom is 0.226 e. The summed E-state index contributed by atoms with van der Waals surface area (Å²) < 4.78 is 0. The molecular formula is C21H30N2O2. The minimum atomic E-state index is 0.202. The predicted octanol–water partition coefficient (Wildman–Crippen LogP) is 3.09. The molecule has 1 saturated heterocycles. The molecule has 1 aliphatic heterocycles. The third-order valence-corrected chi connectivity index (χ3v) is 5.34. The van der Waals surface area contributed by atoms with E-state index in [1.165, 1.54) is 18.4 Å². The van der Waals surface area contributed by atoms with E-state index in [0.29, 0.717) is 6.42 Å². The molecule has 136 valence electrons. The van der Waals surface area contributed by atoms with E-state index in [9.17, 15) is 9.59 Å². The number of likely N-dealkylation sites (tertiary alicyclic amines) is 1. The van der Waals surface area contributed by atoms with E-state index in [4.69, 9.17) is 0 Å². The van der Waals surface area contributed by atoms with Crippen molar-refractivity contribution in [2.45, 2.75) is 64.3 Å². The van der Waals surface area contributed by atoms with Gasteiger partial charge in [-0.15, -0.1) is 0 Å². The van der Waals surface area contributed by atoms with Crippen LogP contribution in [0.15, 0.2) is 24.3 Å². The van der Waals surface area contributed by atoms with Crippen molar-refractivity contribution in [3.8, 4) is 0 Å². The molecule has 2 amide bonds. The molecule has 0 spiro atoms. The van der Waals surface area contributed by atoms with Crippen LogP contribution in [0.4, 0.5) is 0 Å². The van der Waals surface area contributed by atoms with Gasteiger partial charge in [0.05, 0.1) is 6.42 Å². The van der Waals surface area contributed by atoms with E-state index in [0.717, 1.165) is 50.8 Å². The molecule has 4 heteroatoms.